The first-order valence-corrected chi connectivity index (χ1v) is 6.25. The minimum absolute atomic E-state index is 0.0228. The highest BCUT2D eigenvalue weighted by Crippen LogP contribution is 2.13. The van der Waals surface area contributed by atoms with Crippen molar-refractivity contribution < 1.29 is 15.2 Å². The average Bonchev–Trinajstić information content (AvgIpc) is 2.63. The van der Waals surface area contributed by atoms with Gasteiger partial charge in [-0.1, -0.05) is 11.3 Å². The third kappa shape index (κ3) is 2.65. The Labute approximate surface area is 116 Å². The Bertz CT molecular complexity index is 696. The van der Waals surface area contributed by atoms with Gasteiger partial charge in [0.05, 0.1) is 11.8 Å². The number of hydrogen-bond acceptors (Lipinski definition) is 5. The van der Waals surface area contributed by atoms with Crippen LogP contribution in [0, 0.1) is 13.8 Å². The van der Waals surface area contributed by atoms with Crippen LogP contribution >= 0.6 is 11.3 Å². The number of rotatable bonds is 4. The predicted molar refractivity (Wildman–Crippen MR) is 70.3 cm³/mol. The van der Waals surface area contributed by atoms with Crippen molar-refractivity contribution in [2.45, 2.75) is 26.8 Å². The van der Waals surface area contributed by atoms with Crippen LogP contribution in [0.4, 0.5) is 5.82 Å². The van der Waals surface area contributed by atoms with E-state index in [4.69, 9.17) is 16.3 Å². The van der Waals surface area contributed by atoms with Gasteiger partial charge in [0.2, 0.25) is 5.49 Å². The van der Waals surface area contributed by atoms with E-state index in [1.807, 2.05) is 0 Å². The highest BCUT2D eigenvalue weighted by molar-refractivity contribution is 7.09. The molecule has 0 bridgehead atoms. The molecule has 18 heavy (non-hydrogen) atoms. The third-order valence-electron chi connectivity index (χ3n) is 2.43. The Morgan fingerprint density at radius 1 is 1.61 bits per heavy atom. The molecule has 2 heterocycles. The lowest BCUT2D eigenvalue weighted by molar-refractivity contribution is -0.689. The first-order chi connectivity index (χ1) is 10.2. The summed E-state index contributed by atoms with van der Waals surface area (Å²) in [6.07, 6.45) is 0.0511. The average molecular weight is 269 g/mol. The second kappa shape index (κ2) is 5.41. The highest BCUT2D eigenvalue weighted by Gasteiger charge is 2.16. The zero-order valence-electron chi connectivity index (χ0n) is 14.2. The smallest absolute Gasteiger partial charge is 0.225 e. The van der Waals surface area contributed by atoms with Gasteiger partial charge in [0, 0.05) is 26.1 Å². The van der Waals surface area contributed by atoms with Crippen LogP contribution in [0.25, 0.3) is 0 Å². The van der Waals surface area contributed by atoms with Gasteiger partial charge in [-0.05, 0) is 6.92 Å². The molecule has 6 heteroatoms. The molecule has 0 aromatic carbocycles. The molecule has 0 radical (unpaired) electrons. The minimum Gasteiger partial charge on any atom is -0.396 e. The van der Waals surface area contributed by atoms with Crippen LogP contribution in [0.5, 0.6) is 0 Å². The van der Waals surface area contributed by atoms with Crippen molar-refractivity contribution in [1.29, 1.82) is 0 Å². The topological polar surface area (TPSA) is 75.9 Å². The summed E-state index contributed by atoms with van der Waals surface area (Å²) in [5.74, 6) is 0.185. The molecule has 0 fully saturated rings. The summed E-state index contributed by atoms with van der Waals surface area (Å²) in [5, 5.41) is 9.06. The number of aliphatic hydroxyl groups is 1. The molecular weight excluding hydrogens is 248 g/mol. The van der Waals surface area contributed by atoms with Gasteiger partial charge in [-0.2, -0.15) is 4.57 Å². The molecule has 0 unspecified atom stereocenters. The molecule has 96 valence electrons. The third-order valence-corrected chi connectivity index (χ3v) is 3.45. The van der Waals surface area contributed by atoms with Gasteiger partial charge in [-0.3, -0.25) is 0 Å². The SMILES string of the molecule is [2H]c1nc(C)nc(N)c1C([2H])([2H])[n+]1c([2H])sc(CCO)c1C. The summed E-state index contributed by atoms with van der Waals surface area (Å²) >= 11 is 1.09. The van der Waals surface area contributed by atoms with Gasteiger partial charge in [-0.15, -0.1) is 0 Å². The van der Waals surface area contributed by atoms with Crippen LogP contribution in [0.15, 0.2) is 11.7 Å². The lowest BCUT2D eigenvalue weighted by Gasteiger charge is -2.01. The van der Waals surface area contributed by atoms with Crippen molar-refractivity contribution in [3.8, 4) is 0 Å². The Balaban J connectivity index is 2.66. The molecule has 0 saturated heterocycles. The van der Waals surface area contributed by atoms with Crippen molar-refractivity contribution >= 4 is 17.2 Å². The molecule has 0 atom stereocenters. The van der Waals surface area contributed by atoms with E-state index >= 15 is 0 Å². The summed E-state index contributed by atoms with van der Waals surface area (Å²) in [4.78, 5) is 8.49. The minimum atomic E-state index is -2.22. The summed E-state index contributed by atoms with van der Waals surface area (Å²) in [5.41, 5.74) is 6.13. The summed E-state index contributed by atoms with van der Waals surface area (Å²) in [7, 11) is 0. The van der Waals surface area contributed by atoms with Gasteiger partial charge in [0.25, 0.3) is 0 Å². The van der Waals surface area contributed by atoms with Crippen LogP contribution in [0.2, 0.25) is 0 Å². The molecule has 0 aliphatic carbocycles. The van der Waals surface area contributed by atoms with Gasteiger partial charge in [0.15, 0.2) is 13.6 Å². The molecule has 5 nitrogen and oxygen atoms in total. The predicted octanol–water partition coefficient (Wildman–Crippen LogP) is 0.608. The second-order valence-electron chi connectivity index (χ2n) is 3.77. The van der Waals surface area contributed by atoms with E-state index in [-0.39, 0.29) is 29.6 Å². The lowest BCUT2D eigenvalue weighted by Crippen LogP contribution is -2.35. The normalized spacial score (nSPS) is 14.8. The Morgan fingerprint density at radius 2 is 2.39 bits per heavy atom. The van der Waals surface area contributed by atoms with E-state index in [1.165, 1.54) is 0 Å². The summed E-state index contributed by atoms with van der Waals surface area (Å²) in [6.45, 7) is 0.946. The molecule has 2 aromatic heterocycles. The molecule has 0 aliphatic heterocycles. The zero-order valence-corrected chi connectivity index (χ0v) is 11.0. The number of aliphatic hydroxyl groups excluding tert-OH is 1. The number of thiazole rings is 1. The quantitative estimate of drug-likeness (QED) is 0.797. The maximum atomic E-state index is 9.06. The summed E-state index contributed by atoms with van der Waals surface area (Å²) in [6, 6.07) is 0. The molecular formula is C12H17N4OS+. The fraction of sp³-hybridized carbons (Fsp3) is 0.417. The number of nitrogens with two attached hydrogens (primary N) is 1. The van der Waals surface area contributed by atoms with E-state index in [1.54, 1.807) is 13.8 Å². The van der Waals surface area contributed by atoms with E-state index < -0.39 is 6.50 Å². The molecule has 0 amide bonds. The van der Waals surface area contributed by atoms with Gasteiger partial charge >= 0.3 is 0 Å². The standard InChI is InChI=1S/C12H17N4OS/c1-8-11(3-4-17)18-7-16(8)6-10-5-14-9(2)15-12(10)13/h5,7,17H,3-4,6H2,1-2H3,(H2,13,14,15)/q+1/i5D,6D2,7D. The van der Waals surface area contributed by atoms with Crippen molar-refractivity contribution in [3.63, 3.8) is 0 Å². The Kier molecular flexibility index (Phi) is 2.57. The number of aryl methyl sites for hydroxylation is 1. The van der Waals surface area contributed by atoms with Crippen molar-refractivity contribution in [3.05, 3.63) is 33.6 Å². The van der Waals surface area contributed by atoms with Crippen LogP contribution in [-0.4, -0.2) is 21.7 Å². The molecule has 3 N–H and O–H groups in total. The monoisotopic (exact) mass is 269 g/mol. The largest absolute Gasteiger partial charge is 0.396 e. The van der Waals surface area contributed by atoms with Gasteiger partial charge < -0.3 is 10.8 Å². The fourth-order valence-corrected chi connectivity index (χ4v) is 2.27. The van der Waals surface area contributed by atoms with Crippen LogP contribution < -0.4 is 10.3 Å². The van der Waals surface area contributed by atoms with Crippen molar-refractivity contribution in [2.24, 2.45) is 0 Å². The van der Waals surface area contributed by atoms with E-state index in [0.29, 0.717) is 17.9 Å². The number of hydrogen-bond donors (Lipinski definition) is 2. The highest BCUT2D eigenvalue weighted by atomic mass is 32.1. The molecule has 2 aromatic rings. The molecule has 0 aliphatic rings. The maximum absolute atomic E-state index is 9.06. The van der Waals surface area contributed by atoms with E-state index in [9.17, 15) is 0 Å². The van der Waals surface area contributed by atoms with Crippen LogP contribution in [0.1, 0.15) is 27.4 Å². The van der Waals surface area contributed by atoms with Crippen LogP contribution in [0.3, 0.4) is 0 Å². The summed E-state index contributed by atoms with van der Waals surface area (Å²) < 4.78 is 33.8. The second-order valence-corrected chi connectivity index (χ2v) is 4.65. The number of aromatic nitrogens is 3. The van der Waals surface area contributed by atoms with Crippen molar-refractivity contribution in [2.75, 3.05) is 12.3 Å². The van der Waals surface area contributed by atoms with E-state index in [0.717, 1.165) is 20.8 Å². The first-order valence-electron chi connectivity index (χ1n) is 7.43. The molecule has 2 rings (SSSR count). The number of nitrogen functional groups attached to an aromatic ring is 1. The Hall–Kier alpha value is -1.53. The first kappa shape index (κ1) is 8.55. The zero-order chi connectivity index (χ0) is 16.7. The molecule has 0 spiro atoms. The Morgan fingerprint density at radius 3 is 3.06 bits per heavy atom. The van der Waals surface area contributed by atoms with Gasteiger partial charge in [-0.25, -0.2) is 9.97 Å². The van der Waals surface area contributed by atoms with Crippen molar-refractivity contribution in [1.82, 2.24) is 9.97 Å². The van der Waals surface area contributed by atoms with Crippen LogP contribution in [-0.2, 0) is 12.9 Å². The number of nitrogens with zero attached hydrogens (tertiary/aromatic N) is 3. The number of anilines is 1. The lowest BCUT2D eigenvalue weighted by atomic mass is 10.2. The molecule has 0 saturated carbocycles. The fourth-order valence-electron chi connectivity index (χ4n) is 1.45. The maximum Gasteiger partial charge on any atom is 0.225 e. The van der Waals surface area contributed by atoms with E-state index in [2.05, 4.69) is 9.97 Å². The van der Waals surface area contributed by atoms with Gasteiger partial charge in [0.1, 0.15) is 14.4 Å².